The van der Waals surface area contributed by atoms with E-state index in [1.165, 1.54) is 0 Å². The van der Waals surface area contributed by atoms with Gasteiger partial charge in [0.05, 0.1) is 0 Å². The van der Waals surface area contributed by atoms with E-state index in [4.69, 9.17) is 0 Å². The van der Waals surface area contributed by atoms with Crippen molar-refractivity contribution in [2.45, 2.75) is 25.8 Å². The van der Waals surface area contributed by atoms with Crippen LogP contribution in [0.4, 0.5) is 10.5 Å². The van der Waals surface area contributed by atoms with E-state index in [0.29, 0.717) is 6.54 Å². The maximum Gasteiger partial charge on any atom is 0.322 e. The van der Waals surface area contributed by atoms with Gasteiger partial charge in [0, 0.05) is 12.2 Å². The van der Waals surface area contributed by atoms with Crippen molar-refractivity contribution in [3.05, 3.63) is 29.8 Å². The molecule has 1 saturated heterocycles. The summed E-state index contributed by atoms with van der Waals surface area (Å²) in [6, 6.07) is 7.28. The molecule has 1 fully saturated rings. The maximum absolute atomic E-state index is 12.3. The Kier molecular flexibility index (Phi) is 4.70. The Labute approximate surface area is 122 Å². The predicted molar refractivity (Wildman–Crippen MR) is 85.8 cm³/mol. The fraction of sp³-hybridized carbons (Fsp3) is 0.467. The standard InChI is InChI=1S/C15H22N2O2S/c1-11-6-8-12(9-7-11)16-15(19)17-10-4-5-13(17)14(18)20(2)3/h6-9,13,20H,4-5,10H2,1-3H3,(H,16,19)/t13-/m0/s1. The maximum atomic E-state index is 12.3. The molecule has 0 bridgehead atoms. The summed E-state index contributed by atoms with van der Waals surface area (Å²) in [7, 11) is -0.648. The van der Waals surface area contributed by atoms with E-state index in [0.717, 1.165) is 24.1 Å². The number of urea groups is 1. The molecule has 1 aromatic carbocycles. The number of anilines is 1. The third-order valence-electron chi connectivity index (χ3n) is 3.54. The lowest BCUT2D eigenvalue weighted by molar-refractivity contribution is -0.114. The molecule has 0 aromatic heterocycles. The van der Waals surface area contributed by atoms with Gasteiger partial charge in [0.2, 0.25) is 0 Å². The largest absolute Gasteiger partial charge is 0.322 e. The second-order valence-corrected chi connectivity index (χ2v) is 7.61. The number of amides is 2. The Balaban J connectivity index is 2.04. The summed E-state index contributed by atoms with van der Waals surface area (Å²) in [5, 5.41) is 3.10. The molecule has 0 saturated carbocycles. The third kappa shape index (κ3) is 3.33. The highest BCUT2D eigenvalue weighted by molar-refractivity contribution is 8.28. The van der Waals surface area contributed by atoms with Crippen molar-refractivity contribution < 1.29 is 9.59 Å². The second kappa shape index (κ2) is 6.31. The van der Waals surface area contributed by atoms with Crippen LogP contribution in [0.5, 0.6) is 0 Å². The number of hydrogen-bond donors (Lipinski definition) is 2. The third-order valence-corrected chi connectivity index (χ3v) is 4.72. The smallest absolute Gasteiger partial charge is 0.314 e. The van der Waals surface area contributed by atoms with Gasteiger partial charge in [-0.2, -0.15) is 10.9 Å². The van der Waals surface area contributed by atoms with Crippen LogP contribution in [0.3, 0.4) is 0 Å². The highest BCUT2D eigenvalue weighted by Gasteiger charge is 2.34. The zero-order valence-corrected chi connectivity index (χ0v) is 13.1. The fourth-order valence-electron chi connectivity index (χ4n) is 2.40. The summed E-state index contributed by atoms with van der Waals surface area (Å²) in [6.07, 6.45) is 5.60. The highest BCUT2D eigenvalue weighted by Crippen LogP contribution is 2.28. The topological polar surface area (TPSA) is 49.4 Å². The molecule has 1 aliphatic heterocycles. The molecule has 2 amide bonds. The van der Waals surface area contributed by atoms with Crippen molar-refractivity contribution in [2.75, 3.05) is 24.4 Å². The monoisotopic (exact) mass is 294 g/mol. The molecule has 2 rings (SSSR count). The zero-order chi connectivity index (χ0) is 14.7. The van der Waals surface area contributed by atoms with Crippen molar-refractivity contribution in [2.24, 2.45) is 0 Å². The van der Waals surface area contributed by atoms with Gasteiger partial charge < -0.3 is 10.2 Å². The molecule has 5 heteroatoms. The van der Waals surface area contributed by atoms with Crippen molar-refractivity contribution in [1.82, 2.24) is 4.90 Å². The minimum absolute atomic E-state index is 0.165. The van der Waals surface area contributed by atoms with Crippen molar-refractivity contribution in [3.63, 3.8) is 0 Å². The quantitative estimate of drug-likeness (QED) is 0.824. The van der Waals surface area contributed by atoms with Gasteiger partial charge in [-0.15, -0.1) is 0 Å². The number of carbonyl (C=O) groups excluding carboxylic acids is 2. The SMILES string of the molecule is Cc1ccc(NC(=O)N2CCC[C@H]2C(=O)[SH](C)C)cc1. The zero-order valence-electron chi connectivity index (χ0n) is 12.2. The summed E-state index contributed by atoms with van der Waals surface area (Å²) in [5.41, 5.74) is 1.92. The molecule has 110 valence electrons. The summed E-state index contributed by atoms with van der Waals surface area (Å²) in [5.74, 6) is 0. The van der Waals surface area contributed by atoms with Gasteiger partial charge in [0.1, 0.15) is 6.04 Å². The second-order valence-electron chi connectivity index (χ2n) is 5.38. The molecule has 1 aliphatic rings. The Morgan fingerprint density at radius 1 is 1.25 bits per heavy atom. The number of benzene rings is 1. The van der Waals surface area contributed by atoms with Crippen LogP contribution in [-0.4, -0.2) is 41.1 Å². The van der Waals surface area contributed by atoms with Gasteiger partial charge in [-0.25, -0.2) is 4.79 Å². The van der Waals surface area contributed by atoms with E-state index < -0.39 is 10.9 Å². The lowest BCUT2D eigenvalue weighted by Gasteiger charge is -2.26. The molecule has 1 atom stereocenters. The molecule has 0 spiro atoms. The molecular weight excluding hydrogens is 272 g/mol. The average molecular weight is 294 g/mol. The van der Waals surface area contributed by atoms with Gasteiger partial charge in [-0.3, -0.25) is 4.79 Å². The van der Waals surface area contributed by atoms with Crippen molar-refractivity contribution in [1.29, 1.82) is 0 Å². The summed E-state index contributed by atoms with van der Waals surface area (Å²) in [6.45, 7) is 2.67. The van der Waals surface area contributed by atoms with Crippen molar-refractivity contribution in [3.8, 4) is 0 Å². The van der Waals surface area contributed by atoms with E-state index in [9.17, 15) is 9.59 Å². The Morgan fingerprint density at radius 3 is 2.50 bits per heavy atom. The molecule has 20 heavy (non-hydrogen) atoms. The summed E-state index contributed by atoms with van der Waals surface area (Å²) >= 11 is 0. The number of rotatable bonds is 2. The van der Waals surface area contributed by atoms with E-state index >= 15 is 0 Å². The van der Waals surface area contributed by atoms with Crippen LogP contribution >= 0.6 is 10.9 Å². The summed E-state index contributed by atoms with van der Waals surface area (Å²) < 4.78 is 0. The predicted octanol–water partition coefficient (Wildman–Crippen LogP) is 2.78. The number of nitrogens with one attached hydrogen (secondary N) is 1. The van der Waals surface area contributed by atoms with Gasteiger partial charge in [-0.1, -0.05) is 17.7 Å². The van der Waals surface area contributed by atoms with Crippen LogP contribution in [0.1, 0.15) is 18.4 Å². The average Bonchev–Trinajstić information content (AvgIpc) is 2.89. The van der Waals surface area contributed by atoms with Crippen LogP contribution in [-0.2, 0) is 4.79 Å². The first-order valence-corrected chi connectivity index (χ1v) is 9.08. The molecule has 1 aromatic rings. The number of aryl methyl sites for hydroxylation is 1. The Bertz CT molecular complexity index is 499. The minimum Gasteiger partial charge on any atom is -0.314 e. The van der Waals surface area contributed by atoms with Crippen LogP contribution in [0.15, 0.2) is 24.3 Å². The van der Waals surface area contributed by atoms with Gasteiger partial charge in [0.25, 0.3) is 0 Å². The first-order chi connectivity index (χ1) is 9.49. The summed E-state index contributed by atoms with van der Waals surface area (Å²) in [4.78, 5) is 26.2. The fourth-order valence-corrected chi connectivity index (χ4v) is 3.26. The van der Waals surface area contributed by atoms with Crippen LogP contribution in [0.25, 0.3) is 0 Å². The molecule has 0 aliphatic carbocycles. The normalized spacial score (nSPS) is 18.9. The first kappa shape index (κ1) is 14.9. The Hall–Kier alpha value is -1.49. The number of nitrogens with zero attached hydrogens (tertiary/aromatic N) is 1. The van der Waals surface area contributed by atoms with E-state index in [2.05, 4.69) is 5.32 Å². The molecule has 0 radical (unpaired) electrons. The van der Waals surface area contributed by atoms with E-state index in [1.54, 1.807) is 4.90 Å². The van der Waals surface area contributed by atoms with Crippen molar-refractivity contribution >= 4 is 27.7 Å². The molecule has 1 heterocycles. The molecule has 4 nitrogen and oxygen atoms in total. The Morgan fingerprint density at radius 2 is 1.90 bits per heavy atom. The highest BCUT2D eigenvalue weighted by atomic mass is 32.2. The number of thiol groups is 1. The number of likely N-dealkylation sites (tertiary alicyclic amines) is 1. The van der Waals surface area contributed by atoms with Crippen LogP contribution < -0.4 is 5.32 Å². The van der Waals surface area contributed by atoms with Gasteiger partial charge in [0.15, 0.2) is 5.12 Å². The van der Waals surface area contributed by atoms with Crippen LogP contribution in [0, 0.1) is 6.92 Å². The molecular formula is C15H22N2O2S. The van der Waals surface area contributed by atoms with Gasteiger partial charge >= 0.3 is 6.03 Å². The number of hydrogen-bond acceptors (Lipinski definition) is 2. The lowest BCUT2D eigenvalue weighted by atomic mass is 10.2. The lowest BCUT2D eigenvalue weighted by Crippen LogP contribution is -2.42. The molecule has 1 N–H and O–H groups in total. The minimum atomic E-state index is -0.648. The first-order valence-electron chi connectivity index (χ1n) is 6.84. The van der Waals surface area contributed by atoms with Gasteiger partial charge in [-0.05, 0) is 44.4 Å². The molecule has 0 unspecified atom stereocenters. The van der Waals surface area contributed by atoms with Crippen LogP contribution in [0.2, 0.25) is 0 Å². The van der Waals surface area contributed by atoms with E-state index in [1.807, 2.05) is 43.7 Å². The number of carbonyl (C=O) groups is 2. The van der Waals surface area contributed by atoms with E-state index in [-0.39, 0.29) is 17.2 Å².